The van der Waals surface area contributed by atoms with Gasteiger partial charge >= 0.3 is 0 Å². The van der Waals surface area contributed by atoms with Crippen molar-refractivity contribution in [3.8, 4) is 5.75 Å². The van der Waals surface area contributed by atoms with Crippen LogP contribution in [0.4, 0.5) is 0 Å². The number of nitrogens with zero attached hydrogens (tertiary/aromatic N) is 2. The zero-order chi connectivity index (χ0) is 12.2. The van der Waals surface area contributed by atoms with E-state index < -0.39 is 5.91 Å². The first-order valence-corrected chi connectivity index (χ1v) is 5.17. The third kappa shape index (κ3) is 1.68. The van der Waals surface area contributed by atoms with E-state index in [0.29, 0.717) is 22.1 Å². The second kappa shape index (κ2) is 4.45. The summed E-state index contributed by atoms with van der Waals surface area (Å²) in [7, 11) is 0. The molecule has 1 radical (unpaired) electrons. The molecule has 0 fully saturated rings. The molecule has 0 bridgehead atoms. The fourth-order valence-corrected chi connectivity index (χ4v) is 2.21. The van der Waals surface area contributed by atoms with Crippen molar-refractivity contribution in [1.82, 2.24) is 0 Å². The molecule has 87 valence electrons. The number of phenols is 1. The van der Waals surface area contributed by atoms with Crippen LogP contribution in [-0.2, 0) is 32.7 Å². The number of aromatic hydroxyl groups is 1. The van der Waals surface area contributed by atoms with Gasteiger partial charge in [0.2, 0.25) is 0 Å². The third-order valence-corrected chi connectivity index (χ3v) is 3.08. The van der Waals surface area contributed by atoms with E-state index in [9.17, 15) is 15.3 Å². The molecule has 0 aliphatic carbocycles. The summed E-state index contributed by atoms with van der Waals surface area (Å²) in [6.07, 6.45) is 0. The van der Waals surface area contributed by atoms with Crippen molar-refractivity contribution >= 4 is 22.5 Å². The van der Waals surface area contributed by atoms with Crippen molar-refractivity contribution in [1.29, 1.82) is 0 Å². The Balaban J connectivity index is 0.00000120. The van der Waals surface area contributed by atoms with E-state index in [-0.39, 0.29) is 44.3 Å². The quantitative estimate of drug-likeness (QED) is 0.812. The van der Waals surface area contributed by atoms with Gasteiger partial charge in [0.15, 0.2) is 0 Å². The molecule has 2 aromatic carbocycles. The van der Waals surface area contributed by atoms with Crippen molar-refractivity contribution in [2.45, 2.75) is 6.92 Å². The Labute approximate surface area is 129 Å². The maximum absolute atomic E-state index is 11.5. The molecule has 18 heavy (non-hydrogen) atoms. The van der Waals surface area contributed by atoms with Gasteiger partial charge in [-0.2, -0.15) is 0 Å². The normalized spacial score (nSPS) is 13.2. The average Bonchev–Trinajstić information content (AvgIpc) is 2.60. The minimum atomic E-state index is -0.442. The number of amides is 1. The molecule has 0 unspecified atom stereocenters. The zero-order valence-corrected chi connectivity index (χ0v) is 12.5. The summed E-state index contributed by atoms with van der Waals surface area (Å²) in [6, 6.07) is 6.76. The van der Waals surface area contributed by atoms with Crippen molar-refractivity contribution in [2.75, 3.05) is 0 Å². The minimum absolute atomic E-state index is 0. The smallest absolute Gasteiger partial charge is 0.119 e. The molecule has 1 N–H and O–H groups in total. The summed E-state index contributed by atoms with van der Waals surface area (Å²) in [5.74, 6) is -0.579. The van der Waals surface area contributed by atoms with E-state index in [4.69, 9.17) is 0 Å². The Kier molecular flexibility index (Phi) is 3.26. The van der Waals surface area contributed by atoms with Crippen LogP contribution in [-0.4, -0.2) is 16.8 Å². The number of aryl methyl sites for hydroxylation is 1. The summed E-state index contributed by atoms with van der Waals surface area (Å²) >= 11 is 0. The second-order valence-corrected chi connectivity index (χ2v) is 4.04. The standard InChI is InChI=1S/C13H9N2O2.Y/c1-6-9(16)5-3-7-2-4-8-11(10(6)7)12(14)15-13(8)17;/h2-5H,1H3,(H2-,14,15,16,17);/q-1;/p-1. The molecular formula is C13H8N2O2Y-2. The van der Waals surface area contributed by atoms with Crippen LogP contribution >= 0.6 is 0 Å². The third-order valence-electron chi connectivity index (χ3n) is 3.08. The molecule has 0 atom stereocenters. The van der Waals surface area contributed by atoms with Gasteiger partial charge in [-0.1, -0.05) is 18.2 Å². The monoisotopic (exact) mass is 313 g/mol. The second-order valence-electron chi connectivity index (χ2n) is 4.04. The zero-order valence-electron chi connectivity index (χ0n) is 9.64. The van der Waals surface area contributed by atoms with Gasteiger partial charge in [-0.3, -0.25) is 5.84 Å². The molecule has 1 aliphatic heterocycles. The molecular weight excluding hydrogens is 305 g/mol. The summed E-state index contributed by atoms with van der Waals surface area (Å²) in [6.45, 7) is 1.74. The first-order chi connectivity index (χ1) is 8.09. The Bertz CT molecular complexity index is 695. The van der Waals surface area contributed by atoms with Gasteiger partial charge in [-0.05, 0) is 34.9 Å². The van der Waals surface area contributed by atoms with Crippen molar-refractivity contribution in [2.24, 2.45) is 0 Å². The summed E-state index contributed by atoms with van der Waals surface area (Å²) in [4.78, 5) is 11.5. The Morgan fingerprint density at radius 2 is 1.89 bits per heavy atom. The van der Waals surface area contributed by atoms with E-state index in [1.807, 2.05) is 0 Å². The summed E-state index contributed by atoms with van der Waals surface area (Å²) in [5.41, 5.74) is 1.43. The fourth-order valence-electron chi connectivity index (χ4n) is 2.21. The molecule has 0 aromatic heterocycles. The van der Waals surface area contributed by atoms with Crippen LogP contribution in [0.5, 0.6) is 5.75 Å². The number of carbonyl (C=O) groups excluding carboxylic acids is 1. The largest absolute Gasteiger partial charge is 0.824 e. The van der Waals surface area contributed by atoms with Gasteiger partial charge in [0.1, 0.15) is 5.75 Å². The molecule has 2 aromatic rings. The predicted molar refractivity (Wildman–Crippen MR) is 65.5 cm³/mol. The van der Waals surface area contributed by atoms with Gasteiger partial charge in [0.05, 0.1) is 5.91 Å². The number of rotatable bonds is 0. The number of hydrogen-bond acceptors (Lipinski definition) is 2. The van der Waals surface area contributed by atoms with E-state index in [2.05, 4.69) is 5.32 Å². The summed E-state index contributed by atoms with van der Waals surface area (Å²) in [5, 5.41) is 24.5. The number of amidine groups is 1. The van der Waals surface area contributed by atoms with Gasteiger partial charge in [-0.25, -0.2) is 0 Å². The van der Waals surface area contributed by atoms with Gasteiger partial charge in [0.25, 0.3) is 0 Å². The molecule has 1 aliphatic rings. The summed E-state index contributed by atoms with van der Waals surface area (Å²) < 4.78 is 0. The molecule has 4 nitrogen and oxygen atoms in total. The van der Waals surface area contributed by atoms with Crippen LogP contribution in [0.3, 0.4) is 0 Å². The molecule has 0 saturated carbocycles. The SMILES string of the molecule is Cc1c(O)ccc2ccc3c(c12)C(=[N-])[N-]C3=O.[Y]. The van der Waals surface area contributed by atoms with Gasteiger partial charge < -0.3 is 20.6 Å². The number of benzene rings is 2. The van der Waals surface area contributed by atoms with Crippen LogP contribution in [0.1, 0.15) is 21.5 Å². The fraction of sp³-hybridized carbons (Fsp3) is 0.0769. The number of phenolic OH excluding ortho intramolecular Hbond substituents is 1. The topological polar surface area (TPSA) is 73.7 Å². The number of fused-ring (bicyclic) bond motifs is 3. The Morgan fingerprint density at radius 3 is 2.61 bits per heavy atom. The number of hydrogen-bond donors (Lipinski definition) is 1. The molecule has 5 heteroatoms. The maximum atomic E-state index is 11.5. The van der Waals surface area contributed by atoms with Crippen LogP contribution in [0.15, 0.2) is 24.3 Å². The van der Waals surface area contributed by atoms with Crippen LogP contribution in [0.2, 0.25) is 0 Å². The first kappa shape index (κ1) is 13.2. The van der Waals surface area contributed by atoms with Gasteiger partial charge in [-0.15, -0.1) is 0 Å². The molecule has 0 spiro atoms. The van der Waals surface area contributed by atoms with E-state index >= 15 is 0 Å². The van der Waals surface area contributed by atoms with Crippen molar-refractivity contribution in [3.63, 3.8) is 0 Å². The Morgan fingerprint density at radius 1 is 1.22 bits per heavy atom. The molecule has 1 amide bonds. The van der Waals surface area contributed by atoms with E-state index in [0.717, 1.165) is 5.39 Å². The van der Waals surface area contributed by atoms with E-state index in [1.165, 1.54) is 0 Å². The van der Waals surface area contributed by atoms with Crippen LogP contribution in [0.25, 0.3) is 21.5 Å². The number of carbonyl (C=O) groups is 1. The molecule has 1 heterocycles. The van der Waals surface area contributed by atoms with Crippen LogP contribution in [0, 0.1) is 6.92 Å². The van der Waals surface area contributed by atoms with Crippen molar-refractivity contribution < 1.29 is 42.6 Å². The first-order valence-electron chi connectivity index (χ1n) is 5.17. The van der Waals surface area contributed by atoms with E-state index in [1.54, 1.807) is 31.2 Å². The minimum Gasteiger partial charge on any atom is -0.824 e. The van der Waals surface area contributed by atoms with Gasteiger partial charge in [0, 0.05) is 38.3 Å². The average molecular weight is 313 g/mol. The maximum Gasteiger partial charge on any atom is 0.119 e. The predicted octanol–water partition coefficient (Wildman–Crippen LogP) is 2.69. The van der Waals surface area contributed by atoms with Crippen molar-refractivity contribution in [3.05, 3.63) is 51.7 Å². The molecule has 0 saturated heterocycles. The Hall–Kier alpha value is -1.26. The molecule has 3 rings (SSSR count). The van der Waals surface area contributed by atoms with Crippen LogP contribution < -0.4 is 0 Å².